The van der Waals surface area contributed by atoms with Crippen LogP contribution in [0.5, 0.6) is 0 Å². The summed E-state index contributed by atoms with van der Waals surface area (Å²) in [4.78, 5) is 15.5. The van der Waals surface area contributed by atoms with E-state index in [4.69, 9.17) is 0 Å². The number of tetrazole rings is 1. The molecule has 0 spiro atoms. The Kier molecular flexibility index (Phi) is 2.26. The molecule has 3 rings (SSSR count). The Morgan fingerprint density at radius 1 is 1.39 bits per heavy atom. The van der Waals surface area contributed by atoms with E-state index in [1.54, 1.807) is 6.07 Å². The fourth-order valence-corrected chi connectivity index (χ4v) is 1.64. The SMILES string of the molecule is COC(=O)Nc1nc2ccccc2n2nnnc12. The molecule has 0 saturated carbocycles. The fourth-order valence-electron chi connectivity index (χ4n) is 1.64. The molecule has 0 aliphatic heterocycles. The number of hydrogen-bond donors (Lipinski definition) is 1. The van der Waals surface area contributed by atoms with Gasteiger partial charge in [-0.15, -0.1) is 5.10 Å². The van der Waals surface area contributed by atoms with Crippen molar-refractivity contribution in [1.29, 1.82) is 0 Å². The average molecular weight is 244 g/mol. The van der Waals surface area contributed by atoms with E-state index in [0.717, 1.165) is 5.52 Å². The number of amides is 1. The quantitative estimate of drug-likeness (QED) is 0.682. The lowest BCUT2D eigenvalue weighted by Gasteiger charge is -2.05. The van der Waals surface area contributed by atoms with Crippen LogP contribution in [0.3, 0.4) is 0 Å². The summed E-state index contributed by atoms with van der Waals surface area (Å²) in [6.45, 7) is 0. The number of ether oxygens (including phenoxy) is 1. The predicted octanol–water partition coefficient (Wildman–Crippen LogP) is 0.851. The third kappa shape index (κ3) is 1.51. The standard InChI is InChI=1S/C10H8N6O2/c1-18-10(17)12-8-9-13-14-15-16(9)7-5-3-2-4-6(7)11-8/h2-5H,1H3,(H,11,12,17). The second-order valence-corrected chi connectivity index (χ2v) is 3.48. The summed E-state index contributed by atoms with van der Waals surface area (Å²) < 4.78 is 6.03. The van der Waals surface area contributed by atoms with Crippen molar-refractivity contribution in [1.82, 2.24) is 25.0 Å². The van der Waals surface area contributed by atoms with Crippen LogP contribution in [0.15, 0.2) is 24.3 Å². The molecule has 0 fully saturated rings. The van der Waals surface area contributed by atoms with Crippen LogP contribution in [0.2, 0.25) is 0 Å². The summed E-state index contributed by atoms with van der Waals surface area (Å²) in [5.74, 6) is 0.255. The molecule has 2 heterocycles. The van der Waals surface area contributed by atoms with Gasteiger partial charge in [0.2, 0.25) is 5.65 Å². The largest absolute Gasteiger partial charge is 0.453 e. The number of aromatic nitrogens is 5. The number of para-hydroxylation sites is 2. The van der Waals surface area contributed by atoms with E-state index in [1.807, 2.05) is 18.2 Å². The van der Waals surface area contributed by atoms with Gasteiger partial charge in [0, 0.05) is 0 Å². The molecule has 0 radical (unpaired) electrons. The van der Waals surface area contributed by atoms with E-state index in [2.05, 4.69) is 30.6 Å². The third-order valence-electron chi connectivity index (χ3n) is 2.43. The van der Waals surface area contributed by atoms with Gasteiger partial charge in [-0.25, -0.2) is 9.78 Å². The van der Waals surface area contributed by atoms with Crippen LogP contribution < -0.4 is 5.32 Å². The van der Waals surface area contributed by atoms with Gasteiger partial charge in [0.15, 0.2) is 5.82 Å². The Morgan fingerprint density at radius 2 is 2.22 bits per heavy atom. The number of carbonyl (C=O) groups is 1. The number of carbonyl (C=O) groups excluding carboxylic acids is 1. The van der Waals surface area contributed by atoms with Gasteiger partial charge in [-0.05, 0) is 22.6 Å². The van der Waals surface area contributed by atoms with Crippen molar-refractivity contribution < 1.29 is 9.53 Å². The fraction of sp³-hybridized carbons (Fsp3) is 0.100. The van der Waals surface area contributed by atoms with Crippen LogP contribution in [-0.2, 0) is 4.74 Å². The second kappa shape index (κ2) is 3.91. The number of hydrogen-bond acceptors (Lipinski definition) is 6. The first-order valence-electron chi connectivity index (χ1n) is 5.11. The Hall–Kier alpha value is -2.77. The monoisotopic (exact) mass is 244 g/mol. The minimum atomic E-state index is -0.623. The minimum Gasteiger partial charge on any atom is -0.453 e. The van der Waals surface area contributed by atoms with Crippen molar-refractivity contribution >= 4 is 28.6 Å². The van der Waals surface area contributed by atoms with E-state index in [0.29, 0.717) is 11.2 Å². The highest BCUT2D eigenvalue weighted by Gasteiger charge is 2.13. The lowest BCUT2D eigenvalue weighted by molar-refractivity contribution is 0.187. The molecule has 0 atom stereocenters. The summed E-state index contributed by atoms with van der Waals surface area (Å²) in [7, 11) is 1.27. The first kappa shape index (κ1) is 10.4. The first-order chi connectivity index (χ1) is 8.79. The summed E-state index contributed by atoms with van der Waals surface area (Å²) in [6, 6.07) is 7.35. The van der Waals surface area contributed by atoms with Crippen LogP contribution in [0.1, 0.15) is 0 Å². The van der Waals surface area contributed by atoms with Gasteiger partial charge in [0.1, 0.15) is 0 Å². The smallest absolute Gasteiger partial charge is 0.412 e. The number of methoxy groups -OCH3 is 1. The van der Waals surface area contributed by atoms with E-state index < -0.39 is 6.09 Å². The average Bonchev–Trinajstić information content (AvgIpc) is 2.88. The van der Waals surface area contributed by atoms with Crippen molar-refractivity contribution in [3.8, 4) is 0 Å². The van der Waals surface area contributed by atoms with E-state index in [-0.39, 0.29) is 5.82 Å². The highest BCUT2D eigenvalue weighted by atomic mass is 16.5. The molecule has 8 nitrogen and oxygen atoms in total. The zero-order valence-electron chi connectivity index (χ0n) is 9.36. The molecule has 0 aliphatic carbocycles. The van der Waals surface area contributed by atoms with Crippen LogP contribution in [0, 0.1) is 0 Å². The lowest BCUT2D eigenvalue weighted by atomic mass is 10.3. The van der Waals surface area contributed by atoms with Crippen LogP contribution in [0.4, 0.5) is 10.6 Å². The molecular weight excluding hydrogens is 236 g/mol. The summed E-state index contributed by atoms with van der Waals surface area (Å²) in [6.07, 6.45) is -0.623. The van der Waals surface area contributed by atoms with Crippen LogP contribution in [0.25, 0.3) is 16.7 Å². The van der Waals surface area contributed by atoms with Gasteiger partial charge in [0.25, 0.3) is 0 Å². The zero-order valence-corrected chi connectivity index (χ0v) is 9.36. The number of nitrogens with zero attached hydrogens (tertiary/aromatic N) is 5. The molecule has 0 bridgehead atoms. The van der Waals surface area contributed by atoms with Crippen LogP contribution in [-0.4, -0.2) is 38.2 Å². The molecule has 18 heavy (non-hydrogen) atoms. The number of anilines is 1. The number of benzene rings is 1. The Labute approximate surface area is 101 Å². The molecule has 0 aliphatic rings. The van der Waals surface area contributed by atoms with Gasteiger partial charge in [-0.3, -0.25) is 5.32 Å². The van der Waals surface area contributed by atoms with E-state index in [9.17, 15) is 4.79 Å². The second-order valence-electron chi connectivity index (χ2n) is 3.48. The zero-order chi connectivity index (χ0) is 12.5. The minimum absolute atomic E-state index is 0.255. The number of fused-ring (bicyclic) bond motifs is 3. The molecule has 90 valence electrons. The van der Waals surface area contributed by atoms with Gasteiger partial charge in [0.05, 0.1) is 18.1 Å². The summed E-state index contributed by atoms with van der Waals surface area (Å²) in [5, 5.41) is 13.7. The molecule has 1 aromatic carbocycles. The molecular formula is C10H8N6O2. The van der Waals surface area contributed by atoms with E-state index in [1.165, 1.54) is 11.6 Å². The van der Waals surface area contributed by atoms with Gasteiger partial charge >= 0.3 is 6.09 Å². The van der Waals surface area contributed by atoms with E-state index >= 15 is 0 Å². The third-order valence-corrected chi connectivity index (χ3v) is 2.43. The molecule has 1 N–H and O–H groups in total. The molecule has 1 amide bonds. The summed E-state index contributed by atoms with van der Waals surface area (Å²) in [5.41, 5.74) is 1.79. The maximum atomic E-state index is 11.2. The molecule has 3 aromatic rings. The number of rotatable bonds is 1. The topological polar surface area (TPSA) is 94.3 Å². The lowest BCUT2D eigenvalue weighted by Crippen LogP contribution is -2.13. The Morgan fingerprint density at radius 3 is 3.06 bits per heavy atom. The Balaban J connectivity index is 2.28. The van der Waals surface area contributed by atoms with Crippen molar-refractivity contribution in [3.63, 3.8) is 0 Å². The molecule has 0 saturated heterocycles. The van der Waals surface area contributed by atoms with Gasteiger partial charge < -0.3 is 4.74 Å². The predicted molar refractivity (Wildman–Crippen MR) is 62.1 cm³/mol. The summed E-state index contributed by atoms with van der Waals surface area (Å²) >= 11 is 0. The van der Waals surface area contributed by atoms with Crippen molar-refractivity contribution in [2.75, 3.05) is 12.4 Å². The maximum absolute atomic E-state index is 11.2. The highest BCUT2D eigenvalue weighted by Crippen LogP contribution is 2.18. The molecule has 8 heteroatoms. The normalized spacial score (nSPS) is 10.7. The number of nitrogens with one attached hydrogen (secondary N) is 1. The Bertz CT molecular complexity index is 737. The highest BCUT2D eigenvalue weighted by molar-refractivity contribution is 5.90. The van der Waals surface area contributed by atoms with Crippen LogP contribution >= 0.6 is 0 Å². The molecule has 0 unspecified atom stereocenters. The first-order valence-corrected chi connectivity index (χ1v) is 5.11. The van der Waals surface area contributed by atoms with Gasteiger partial charge in [-0.1, -0.05) is 12.1 Å². The van der Waals surface area contributed by atoms with Crippen molar-refractivity contribution in [3.05, 3.63) is 24.3 Å². The van der Waals surface area contributed by atoms with Crippen molar-refractivity contribution in [2.24, 2.45) is 0 Å². The molecule has 2 aromatic heterocycles. The van der Waals surface area contributed by atoms with Gasteiger partial charge in [-0.2, -0.15) is 4.52 Å². The maximum Gasteiger partial charge on any atom is 0.412 e. The van der Waals surface area contributed by atoms with Crippen molar-refractivity contribution in [2.45, 2.75) is 0 Å².